The van der Waals surface area contributed by atoms with Gasteiger partial charge in [-0.15, -0.1) is 0 Å². The molecular formula is C20H14ClF3N6O3. The van der Waals surface area contributed by atoms with Crippen LogP contribution in [-0.4, -0.2) is 43.4 Å². The van der Waals surface area contributed by atoms with Gasteiger partial charge in [-0.3, -0.25) is 9.48 Å². The van der Waals surface area contributed by atoms with E-state index in [0.29, 0.717) is 15.1 Å². The van der Waals surface area contributed by atoms with Gasteiger partial charge in [0.2, 0.25) is 0 Å². The van der Waals surface area contributed by atoms with Gasteiger partial charge in [-0.1, -0.05) is 23.7 Å². The maximum atomic E-state index is 13.7. The normalized spacial score (nSPS) is 11.6. The van der Waals surface area contributed by atoms with Crippen LogP contribution in [0.5, 0.6) is 0 Å². The number of fused-ring (bicyclic) bond motifs is 1. The highest BCUT2D eigenvalue weighted by Gasteiger charge is 2.35. The molecule has 0 unspecified atom stereocenters. The van der Waals surface area contributed by atoms with E-state index in [1.54, 1.807) is 0 Å². The third kappa shape index (κ3) is 4.37. The van der Waals surface area contributed by atoms with E-state index in [0.717, 1.165) is 19.2 Å². The van der Waals surface area contributed by atoms with Gasteiger partial charge in [-0.2, -0.15) is 23.4 Å². The molecule has 0 radical (unpaired) electrons. The highest BCUT2D eigenvalue weighted by Crippen LogP contribution is 2.32. The van der Waals surface area contributed by atoms with Crippen LogP contribution in [0, 0.1) is 0 Å². The van der Waals surface area contributed by atoms with E-state index in [-0.39, 0.29) is 28.4 Å². The van der Waals surface area contributed by atoms with Crippen molar-refractivity contribution in [2.75, 3.05) is 12.4 Å². The Morgan fingerprint density at radius 3 is 2.45 bits per heavy atom. The molecule has 1 amide bonds. The molecule has 9 nitrogen and oxygen atoms in total. The number of nitrogens with zero attached hydrogens (tertiary/aromatic N) is 5. The van der Waals surface area contributed by atoms with Gasteiger partial charge < -0.3 is 10.1 Å². The van der Waals surface area contributed by atoms with Crippen molar-refractivity contribution in [1.82, 2.24) is 24.4 Å². The van der Waals surface area contributed by atoms with Gasteiger partial charge in [-0.05, 0) is 18.2 Å². The molecule has 33 heavy (non-hydrogen) atoms. The van der Waals surface area contributed by atoms with Crippen molar-refractivity contribution in [3.8, 4) is 11.3 Å². The first kappa shape index (κ1) is 22.3. The van der Waals surface area contributed by atoms with E-state index < -0.39 is 23.7 Å². The predicted molar refractivity (Wildman–Crippen MR) is 111 cm³/mol. The molecule has 0 saturated carbocycles. The summed E-state index contributed by atoms with van der Waals surface area (Å²) in [6, 6.07) is 8.06. The highest BCUT2D eigenvalue weighted by atomic mass is 35.5. The number of amides is 1. The SMILES string of the molecule is COC(=O)c1nn(C)cc1NC(=O)c1cc2nc(-c3ccc(Cl)cc3)cc(C(F)(F)F)n2n1. The van der Waals surface area contributed by atoms with Gasteiger partial charge in [-0.25, -0.2) is 14.3 Å². The topological polar surface area (TPSA) is 103 Å². The summed E-state index contributed by atoms with van der Waals surface area (Å²) in [4.78, 5) is 28.8. The number of aryl methyl sites for hydroxylation is 1. The Balaban J connectivity index is 1.76. The van der Waals surface area contributed by atoms with Crippen LogP contribution in [0.25, 0.3) is 16.9 Å². The maximum Gasteiger partial charge on any atom is 0.433 e. The fraction of sp³-hybridized carbons (Fsp3) is 0.150. The van der Waals surface area contributed by atoms with Gasteiger partial charge in [0, 0.05) is 29.9 Å². The highest BCUT2D eigenvalue weighted by molar-refractivity contribution is 6.30. The number of hydrogen-bond acceptors (Lipinski definition) is 6. The monoisotopic (exact) mass is 478 g/mol. The van der Waals surface area contributed by atoms with Crippen molar-refractivity contribution in [2.45, 2.75) is 6.18 Å². The lowest BCUT2D eigenvalue weighted by Gasteiger charge is -2.11. The molecule has 0 saturated heterocycles. The molecule has 170 valence electrons. The number of hydrogen-bond donors (Lipinski definition) is 1. The maximum absolute atomic E-state index is 13.7. The molecule has 0 aliphatic rings. The molecule has 3 heterocycles. The summed E-state index contributed by atoms with van der Waals surface area (Å²) in [5.74, 6) is -1.66. The molecule has 4 aromatic rings. The average molecular weight is 479 g/mol. The number of carbonyl (C=O) groups is 2. The molecule has 0 aliphatic heterocycles. The van der Waals surface area contributed by atoms with Crippen molar-refractivity contribution in [2.24, 2.45) is 7.05 Å². The minimum atomic E-state index is -4.77. The summed E-state index contributed by atoms with van der Waals surface area (Å²) < 4.78 is 47.7. The Hall–Kier alpha value is -3.93. The average Bonchev–Trinajstić information content (AvgIpc) is 3.35. The molecule has 1 aromatic carbocycles. The lowest BCUT2D eigenvalue weighted by molar-refractivity contribution is -0.142. The largest absolute Gasteiger partial charge is 0.464 e. The number of nitrogens with one attached hydrogen (secondary N) is 1. The number of halogens is 4. The van der Waals surface area contributed by atoms with Crippen LogP contribution in [-0.2, 0) is 18.0 Å². The van der Waals surface area contributed by atoms with E-state index in [9.17, 15) is 22.8 Å². The number of rotatable bonds is 4. The molecule has 0 spiro atoms. The van der Waals surface area contributed by atoms with Crippen molar-refractivity contribution in [3.63, 3.8) is 0 Å². The Kier molecular flexibility index (Phi) is 5.54. The number of carbonyl (C=O) groups excluding carboxylic acids is 2. The zero-order chi connectivity index (χ0) is 23.9. The molecule has 13 heteroatoms. The smallest absolute Gasteiger partial charge is 0.433 e. The minimum Gasteiger partial charge on any atom is -0.464 e. The van der Waals surface area contributed by atoms with Crippen molar-refractivity contribution in [1.29, 1.82) is 0 Å². The Bertz CT molecular complexity index is 1380. The summed E-state index contributed by atoms with van der Waals surface area (Å²) in [6.07, 6.45) is -3.43. The van der Waals surface area contributed by atoms with Crippen molar-refractivity contribution >= 4 is 34.8 Å². The Labute approximate surface area is 188 Å². The summed E-state index contributed by atoms with van der Waals surface area (Å²) in [5.41, 5.74) is -1.39. The first-order valence-corrected chi connectivity index (χ1v) is 9.62. The van der Waals surface area contributed by atoms with Crippen molar-refractivity contribution in [3.05, 3.63) is 64.7 Å². The third-order valence-electron chi connectivity index (χ3n) is 4.55. The number of aromatic nitrogens is 5. The molecular weight excluding hydrogens is 465 g/mol. The van der Waals surface area contributed by atoms with Crippen LogP contribution in [0.15, 0.2) is 42.6 Å². The lowest BCUT2D eigenvalue weighted by atomic mass is 10.1. The molecule has 0 fully saturated rings. The second kappa shape index (κ2) is 8.20. The molecule has 4 rings (SSSR count). The summed E-state index contributed by atoms with van der Waals surface area (Å²) in [6.45, 7) is 0. The number of anilines is 1. The quantitative estimate of drug-likeness (QED) is 0.447. The number of benzene rings is 1. The zero-order valence-corrected chi connectivity index (χ0v) is 17.8. The summed E-state index contributed by atoms with van der Waals surface area (Å²) in [7, 11) is 2.66. The van der Waals surface area contributed by atoms with Crippen LogP contribution in [0.4, 0.5) is 18.9 Å². The van der Waals surface area contributed by atoms with Crippen LogP contribution in [0.1, 0.15) is 26.7 Å². The van der Waals surface area contributed by atoms with Gasteiger partial charge >= 0.3 is 12.1 Å². The van der Waals surface area contributed by atoms with E-state index in [1.165, 1.54) is 42.2 Å². The molecule has 0 bridgehead atoms. The van der Waals surface area contributed by atoms with Gasteiger partial charge in [0.05, 0.1) is 18.5 Å². The van der Waals surface area contributed by atoms with Crippen LogP contribution in [0.2, 0.25) is 5.02 Å². The Morgan fingerprint density at radius 2 is 1.82 bits per heavy atom. The number of ether oxygens (including phenoxy) is 1. The standard InChI is InChI=1S/C20H14ClF3N6O3/c1-29-9-14(17(28-29)19(32)33-2)26-18(31)13-8-16-25-12(10-3-5-11(21)6-4-10)7-15(20(22,23)24)30(16)27-13/h3-9H,1-2H3,(H,26,31). The zero-order valence-electron chi connectivity index (χ0n) is 17.0. The minimum absolute atomic E-state index is 0.0114. The molecule has 1 N–H and O–H groups in total. The van der Waals surface area contributed by atoms with Gasteiger partial charge in [0.15, 0.2) is 22.7 Å². The lowest BCUT2D eigenvalue weighted by Crippen LogP contribution is -2.17. The number of esters is 1. The first-order chi connectivity index (χ1) is 15.6. The molecule has 0 atom stereocenters. The summed E-state index contributed by atoms with van der Waals surface area (Å²) >= 11 is 5.85. The molecule has 3 aromatic heterocycles. The fourth-order valence-corrected chi connectivity index (χ4v) is 3.20. The van der Waals surface area contributed by atoms with Gasteiger partial charge in [0.1, 0.15) is 0 Å². The van der Waals surface area contributed by atoms with Crippen LogP contribution in [0.3, 0.4) is 0 Å². The second-order valence-electron chi connectivity index (χ2n) is 6.84. The Morgan fingerprint density at radius 1 is 1.12 bits per heavy atom. The summed E-state index contributed by atoms with van der Waals surface area (Å²) in [5, 5.41) is 10.5. The van der Waals surface area contributed by atoms with Crippen molar-refractivity contribution < 1.29 is 27.5 Å². The van der Waals surface area contributed by atoms with Crippen LogP contribution < -0.4 is 5.32 Å². The number of methoxy groups -OCH3 is 1. The number of alkyl halides is 3. The van der Waals surface area contributed by atoms with E-state index in [2.05, 4.69) is 25.2 Å². The van der Waals surface area contributed by atoms with Gasteiger partial charge in [0.25, 0.3) is 5.91 Å². The predicted octanol–water partition coefficient (Wildman–Crippen LogP) is 3.84. The third-order valence-corrected chi connectivity index (χ3v) is 4.80. The van der Waals surface area contributed by atoms with E-state index in [4.69, 9.17) is 11.6 Å². The van der Waals surface area contributed by atoms with E-state index in [1.807, 2.05) is 0 Å². The van der Waals surface area contributed by atoms with Crippen LogP contribution >= 0.6 is 11.6 Å². The first-order valence-electron chi connectivity index (χ1n) is 9.24. The second-order valence-corrected chi connectivity index (χ2v) is 7.28. The molecule has 0 aliphatic carbocycles. The fourth-order valence-electron chi connectivity index (χ4n) is 3.07. The van der Waals surface area contributed by atoms with E-state index >= 15 is 0 Å².